The maximum Gasteiger partial charge on any atom is 0.407 e. The summed E-state index contributed by atoms with van der Waals surface area (Å²) in [5, 5.41) is 17.1. The predicted molar refractivity (Wildman–Crippen MR) is 184 cm³/mol. The van der Waals surface area contributed by atoms with Crippen molar-refractivity contribution in [1.82, 2.24) is 31.9 Å². The first kappa shape index (κ1) is 39.1. The molecular weight excluding hydrogens is 660 g/mol. The van der Waals surface area contributed by atoms with Gasteiger partial charge in [0.1, 0.15) is 6.61 Å². The van der Waals surface area contributed by atoms with Crippen LogP contribution in [0.2, 0.25) is 0 Å². The molecule has 15 nitrogen and oxygen atoms in total. The van der Waals surface area contributed by atoms with Crippen molar-refractivity contribution < 1.29 is 43.0 Å². The van der Waals surface area contributed by atoms with Crippen LogP contribution in [-0.4, -0.2) is 86.5 Å². The number of esters is 1. The van der Waals surface area contributed by atoms with Gasteiger partial charge in [-0.25, -0.2) is 4.79 Å². The maximum atomic E-state index is 12.7. The van der Waals surface area contributed by atoms with Crippen molar-refractivity contribution >= 4 is 41.6 Å². The minimum absolute atomic E-state index is 0.135. The van der Waals surface area contributed by atoms with E-state index in [1.54, 1.807) is 0 Å². The molecule has 3 saturated carbocycles. The summed E-state index contributed by atoms with van der Waals surface area (Å²) < 4.78 is 9.83. The number of hydrogen-bond acceptors (Lipinski definition) is 9. The third kappa shape index (κ3) is 12.5. The number of carbonyl (C=O) groups excluding carboxylic acids is 7. The Morgan fingerprint density at radius 2 is 1.02 bits per heavy atom. The fourth-order valence-corrected chi connectivity index (χ4v) is 6.29. The maximum absolute atomic E-state index is 12.7. The zero-order valence-electron chi connectivity index (χ0n) is 29.3. The summed E-state index contributed by atoms with van der Waals surface area (Å²) >= 11 is 0. The Morgan fingerprint density at radius 1 is 0.588 bits per heavy atom. The second-order valence-electron chi connectivity index (χ2n) is 13.5. The molecule has 0 bridgehead atoms. The number of benzene rings is 1. The van der Waals surface area contributed by atoms with E-state index in [0.29, 0.717) is 71.0 Å². The normalized spacial score (nSPS) is 23.1. The number of rotatable bonds is 20. The lowest BCUT2D eigenvalue weighted by Crippen LogP contribution is -2.53. The molecule has 3 aliphatic rings. The standard InChI is InChI=1S/C36H52N6O9/c1-50-32(45)12-7-21-39-34(47)25-14-17-28(25)41-30(43)10-5-19-37-33(46)24-13-16-27(24)40-31(44)11-6-20-38-35(48)26-15-18-29(26)42-36(49)51-22-23-8-3-2-4-9-23/h2-4,8-9,24-29H,5-7,10-22H2,1H3,(H,37,46)(H,38,48)(H,39,47)(H,40,44)(H,41,43)(H,42,49)/t24-,25-,26-,27+,28+,29+/m1/s1. The second kappa shape index (κ2) is 20.2. The molecule has 280 valence electrons. The first-order chi connectivity index (χ1) is 24.6. The quantitative estimate of drug-likeness (QED) is 0.0850. The summed E-state index contributed by atoms with van der Waals surface area (Å²) in [5.74, 6) is -2.09. The van der Waals surface area contributed by atoms with Gasteiger partial charge in [0, 0.05) is 57.0 Å². The SMILES string of the molecule is COC(=O)CCCNC(=O)[C@@H]1CC[C@@H]1NC(=O)CCCNC(=O)[C@@H]1CC[C@@H]1NC(=O)CCCNC(=O)[C@@H]1CC[C@@H]1NC(=O)OCc1ccccc1. The molecule has 6 N–H and O–H groups in total. The Labute approximate surface area is 298 Å². The zero-order chi connectivity index (χ0) is 36.6. The highest BCUT2D eigenvalue weighted by Crippen LogP contribution is 2.29. The van der Waals surface area contributed by atoms with Crippen LogP contribution in [-0.2, 0) is 44.8 Å². The van der Waals surface area contributed by atoms with Crippen LogP contribution in [0.4, 0.5) is 4.79 Å². The molecule has 0 heterocycles. The highest BCUT2D eigenvalue weighted by molar-refractivity contribution is 5.84. The third-order valence-corrected chi connectivity index (χ3v) is 9.89. The van der Waals surface area contributed by atoms with E-state index >= 15 is 0 Å². The smallest absolute Gasteiger partial charge is 0.407 e. The van der Waals surface area contributed by atoms with Crippen LogP contribution in [0.3, 0.4) is 0 Å². The number of methoxy groups -OCH3 is 1. The van der Waals surface area contributed by atoms with Crippen molar-refractivity contribution in [2.75, 3.05) is 26.7 Å². The van der Waals surface area contributed by atoms with Gasteiger partial charge in [-0.3, -0.25) is 28.8 Å². The van der Waals surface area contributed by atoms with Crippen LogP contribution in [0.5, 0.6) is 0 Å². The Kier molecular flexibility index (Phi) is 15.5. The van der Waals surface area contributed by atoms with Crippen molar-refractivity contribution in [3.8, 4) is 0 Å². The molecule has 1 aromatic carbocycles. The number of nitrogens with one attached hydrogen (secondary N) is 6. The van der Waals surface area contributed by atoms with Crippen molar-refractivity contribution in [2.45, 2.75) is 102 Å². The molecule has 0 aliphatic heterocycles. The summed E-state index contributed by atoms with van der Waals surface area (Å²) in [6.45, 7) is 1.17. The summed E-state index contributed by atoms with van der Waals surface area (Å²) in [4.78, 5) is 85.9. The van der Waals surface area contributed by atoms with E-state index in [9.17, 15) is 33.6 Å². The molecule has 6 atom stereocenters. The van der Waals surface area contributed by atoms with Crippen LogP contribution >= 0.6 is 0 Å². The second-order valence-corrected chi connectivity index (χ2v) is 13.5. The number of carbonyl (C=O) groups is 7. The van der Waals surface area contributed by atoms with Gasteiger partial charge >= 0.3 is 12.1 Å². The Morgan fingerprint density at radius 3 is 1.43 bits per heavy atom. The Balaban J connectivity index is 1.00. The third-order valence-electron chi connectivity index (χ3n) is 9.89. The molecule has 15 heteroatoms. The van der Waals surface area contributed by atoms with Crippen LogP contribution in [0.1, 0.15) is 82.6 Å². The molecule has 0 saturated heterocycles. The Hall–Kier alpha value is -4.69. The molecular formula is C36H52N6O9. The van der Waals surface area contributed by atoms with Gasteiger partial charge in [0.05, 0.1) is 24.9 Å². The van der Waals surface area contributed by atoms with E-state index in [0.717, 1.165) is 12.0 Å². The summed E-state index contributed by atoms with van der Waals surface area (Å²) in [6, 6.07) is 8.58. The lowest BCUT2D eigenvalue weighted by atomic mass is 9.78. The van der Waals surface area contributed by atoms with E-state index in [4.69, 9.17) is 4.74 Å². The van der Waals surface area contributed by atoms with Gasteiger partial charge in [0.2, 0.25) is 29.5 Å². The van der Waals surface area contributed by atoms with Crippen LogP contribution in [0.15, 0.2) is 30.3 Å². The minimum atomic E-state index is -0.558. The lowest BCUT2D eigenvalue weighted by Gasteiger charge is -2.36. The van der Waals surface area contributed by atoms with Crippen molar-refractivity contribution in [3.63, 3.8) is 0 Å². The van der Waals surface area contributed by atoms with Crippen LogP contribution in [0.25, 0.3) is 0 Å². The minimum Gasteiger partial charge on any atom is -0.469 e. The van der Waals surface area contributed by atoms with E-state index in [-0.39, 0.29) is 97.3 Å². The molecule has 3 aliphatic carbocycles. The summed E-state index contributed by atoms with van der Waals surface area (Å²) in [7, 11) is 1.32. The lowest BCUT2D eigenvalue weighted by molar-refractivity contribution is -0.141. The average molecular weight is 713 g/mol. The number of hydrogen-bond donors (Lipinski definition) is 6. The first-order valence-corrected chi connectivity index (χ1v) is 18.1. The van der Waals surface area contributed by atoms with E-state index in [2.05, 4.69) is 36.6 Å². The van der Waals surface area contributed by atoms with Gasteiger partial charge in [-0.05, 0) is 63.4 Å². The molecule has 0 spiro atoms. The average Bonchev–Trinajstić information content (AvgIpc) is 3.08. The molecule has 1 aromatic rings. The highest BCUT2D eigenvalue weighted by atomic mass is 16.5. The van der Waals surface area contributed by atoms with Crippen molar-refractivity contribution in [1.29, 1.82) is 0 Å². The molecule has 51 heavy (non-hydrogen) atoms. The van der Waals surface area contributed by atoms with E-state index in [1.165, 1.54) is 7.11 Å². The molecule has 0 aromatic heterocycles. The first-order valence-electron chi connectivity index (χ1n) is 18.1. The summed E-state index contributed by atoms with van der Waals surface area (Å²) in [5.41, 5.74) is 0.876. The molecule has 4 rings (SSSR count). The fraction of sp³-hybridized carbons (Fsp3) is 0.639. The van der Waals surface area contributed by atoms with Gasteiger partial charge in [0.25, 0.3) is 0 Å². The van der Waals surface area contributed by atoms with Gasteiger partial charge in [-0.15, -0.1) is 0 Å². The van der Waals surface area contributed by atoms with Crippen LogP contribution in [0, 0.1) is 17.8 Å². The molecule has 3 fully saturated rings. The fourth-order valence-electron chi connectivity index (χ4n) is 6.29. The largest absolute Gasteiger partial charge is 0.469 e. The van der Waals surface area contributed by atoms with E-state index in [1.807, 2.05) is 30.3 Å². The van der Waals surface area contributed by atoms with Gasteiger partial charge < -0.3 is 41.4 Å². The number of ether oxygens (including phenoxy) is 2. The van der Waals surface area contributed by atoms with E-state index < -0.39 is 6.09 Å². The monoisotopic (exact) mass is 712 g/mol. The van der Waals surface area contributed by atoms with Gasteiger partial charge in [0.15, 0.2) is 0 Å². The zero-order valence-corrected chi connectivity index (χ0v) is 29.3. The van der Waals surface area contributed by atoms with Gasteiger partial charge in [-0.2, -0.15) is 0 Å². The summed E-state index contributed by atoms with van der Waals surface area (Å²) in [6.07, 6.45) is 5.60. The topological polar surface area (TPSA) is 210 Å². The number of amides is 6. The highest BCUT2D eigenvalue weighted by Gasteiger charge is 2.39. The molecule has 0 unspecified atom stereocenters. The van der Waals surface area contributed by atoms with Crippen LogP contribution < -0.4 is 31.9 Å². The Bertz CT molecular complexity index is 1380. The molecule has 0 radical (unpaired) electrons. The van der Waals surface area contributed by atoms with Crippen molar-refractivity contribution in [2.24, 2.45) is 17.8 Å². The van der Waals surface area contributed by atoms with Gasteiger partial charge in [-0.1, -0.05) is 30.3 Å². The number of alkyl carbamates (subject to hydrolysis) is 1. The van der Waals surface area contributed by atoms with Crippen molar-refractivity contribution in [3.05, 3.63) is 35.9 Å². The predicted octanol–water partition coefficient (Wildman–Crippen LogP) is 1.34. The molecule has 6 amide bonds.